The summed E-state index contributed by atoms with van der Waals surface area (Å²) in [6.45, 7) is 1.63. The molecule has 0 unspecified atom stereocenters. The van der Waals surface area contributed by atoms with Crippen molar-refractivity contribution in [3.05, 3.63) is 19.5 Å². The standard InChI is InChI=1S/C5H6IN3O2/c1-3-4(9(10)11)5(6)8(2)7-3/h1-2H3. The zero-order chi connectivity index (χ0) is 8.59. The van der Waals surface area contributed by atoms with Gasteiger partial charge in [-0.15, -0.1) is 0 Å². The van der Waals surface area contributed by atoms with Crippen molar-refractivity contribution in [3.63, 3.8) is 0 Å². The molecule has 0 saturated heterocycles. The molecule has 60 valence electrons. The third-order valence-corrected chi connectivity index (χ3v) is 2.51. The van der Waals surface area contributed by atoms with Crippen molar-refractivity contribution in [3.8, 4) is 0 Å². The molecular formula is C5H6IN3O2. The van der Waals surface area contributed by atoms with Gasteiger partial charge < -0.3 is 0 Å². The Morgan fingerprint density at radius 3 is 2.45 bits per heavy atom. The van der Waals surface area contributed by atoms with Crippen LogP contribution < -0.4 is 0 Å². The highest BCUT2D eigenvalue weighted by Gasteiger charge is 2.20. The summed E-state index contributed by atoms with van der Waals surface area (Å²) in [5.74, 6) is 0. The lowest BCUT2D eigenvalue weighted by Gasteiger charge is -1.88. The molecule has 1 aromatic rings. The fourth-order valence-corrected chi connectivity index (χ4v) is 1.52. The molecule has 0 radical (unpaired) electrons. The van der Waals surface area contributed by atoms with Gasteiger partial charge >= 0.3 is 5.69 Å². The smallest absolute Gasteiger partial charge is 0.258 e. The molecule has 5 nitrogen and oxygen atoms in total. The van der Waals surface area contributed by atoms with Crippen LogP contribution in [0.4, 0.5) is 5.69 Å². The molecule has 1 rings (SSSR count). The second-order valence-electron chi connectivity index (χ2n) is 2.11. The first-order valence-corrected chi connectivity index (χ1v) is 3.95. The number of halogens is 1. The van der Waals surface area contributed by atoms with E-state index in [9.17, 15) is 10.1 Å². The van der Waals surface area contributed by atoms with Gasteiger partial charge in [0.25, 0.3) is 0 Å². The van der Waals surface area contributed by atoms with Gasteiger partial charge in [0.15, 0.2) is 3.70 Å². The van der Waals surface area contributed by atoms with Crippen LogP contribution in [0.15, 0.2) is 0 Å². The molecule has 0 spiro atoms. The maximum atomic E-state index is 10.4. The molecule has 0 aliphatic heterocycles. The van der Waals surface area contributed by atoms with Crippen molar-refractivity contribution in [2.75, 3.05) is 0 Å². The minimum absolute atomic E-state index is 0.105. The molecule has 0 fully saturated rings. The first kappa shape index (κ1) is 8.44. The van der Waals surface area contributed by atoms with E-state index in [0.717, 1.165) is 0 Å². The molecule has 1 aromatic heterocycles. The molecule has 0 saturated carbocycles. The van der Waals surface area contributed by atoms with Crippen molar-refractivity contribution in [2.24, 2.45) is 7.05 Å². The second-order valence-corrected chi connectivity index (χ2v) is 3.13. The molecule has 0 N–H and O–H groups in total. The molecule has 0 aliphatic carbocycles. The summed E-state index contributed by atoms with van der Waals surface area (Å²) in [6.07, 6.45) is 0. The summed E-state index contributed by atoms with van der Waals surface area (Å²) >= 11 is 1.90. The van der Waals surface area contributed by atoms with Gasteiger partial charge in [-0.2, -0.15) is 5.10 Å². The van der Waals surface area contributed by atoms with Crippen LogP contribution in [0.3, 0.4) is 0 Å². The van der Waals surface area contributed by atoms with Gasteiger partial charge in [-0.1, -0.05) is 0 Å². The zero-order valence-electron chi connectivity index (χ0n) is 6.04. The number of hydrogen-bond donors (Lipinski definition) is 0. The van der Waals surface area contributed by atoms with E-state index in [-0.39, 0.29) is 5.69 Å². The lowest BCUT2D eigenvalue weighted by Crippen LogP contribution is -1.94. The normalized spacial score (nSPS) is 10.1. The van der Waals surface area contributed by atoms with Crippen LogP contribution >= 0.6 is 22.6 Å². The minimum Gasteiger partial charge on any atom is -0.258 e. The monoisotopic (exact) mass is 267 g/mol. The number of nitrogens with zero attached hydrogens (tertiary/aromatic N) is 3. The molecular weight excluding hydrogens is 261 g/mol. The summed E-state index contributed by atoms with van der Waals surface area (Å²) in [4.78, 5) is 9.99. The van der Waals surface area contributed by atoms with E-state index in [1.807, 2.05) is 22.6 Å². The summed E-state index contributed by atoms with van der Waals surface area (Å²) in [5.41, 5.74) is 0.565. The third kappa shape index (κ3) is 1.35. The van der Waals surface area contributed by atoms with Crippen LogP contribution in [0, 0.1) is 20.7 Å². The SMILES string of the molecule is Cc1nn(C)c(I)c1[N+](=O)[O-]. The van der Waals surface area contributed by atoms with Crippen LogP contribution in [0.5, 0.6) is 0 Å². The Labute approximate surface area is 76.7 Å². The maximum Gasteiger partial charge on any atom is 0.323 e. The fourth-order valence-electron chi connectivity index (χ4n) is 0.826. The van der Waals surface area contributed by atoms with E-state index in [2.05, 4.69) is 5.10 Å². The Balaban J connectivity index is 3.34. The van der Waals surface area contributed by atoms with Crippen LogP contribution in [0.25, 0.3) is 0 Å². The first-order valence-electron chi connectivity index (χ1n) is 2.87. The molecule has 1 heterocycles. The highest BCUT2D eigenvalue weighted by molar-refractivity contribution is 14.1. The molecule has 0 amide bonds. The largest absolute Gasteiger partial charge is 0.323 e. The van der Waals surface area contributed by atoms with Crippen LogP contribution in [0.2, 0.25) is 0 Å². The summed E-state index contributed by atoms with van der Waals surface area (Å²) in [5, 5.41) is 14.3. The molecule has 0 atom stereocenters. The molecule has 0 aliphatic rings. The van der Waals surface area contributed by atoms with Gasteiger partial charge in [-0.25, -0.2) is 0 Å². The van der Waals surface area contributed by atoms with Crippen molar-refractivity contribution >= 4 is 28.3 Å². The van der Waals surface area contributed by atoms with E-state index < -0.39 is 4.92 Å². The van der Waals surface area contributed by atoms with Crippen molar-refractivity contribution < 1.29 is 4.92 Å². The Kier molecular flexibility index (Phi) is 2.12. The van der Waals surface area contributed by atoms with Crippen LogP contribution in [-0.4, -0.2) is 14.7 Å². The van der Waals surface area contributed by atoms with Crippen LogP contribution in [-0.2, 0) is 7.05 Å². The Morgan fingerprint density at radius 1 is 1.73 bits per heavy atom. The highest BCUT2D eigenvalue weighted by atomic mass is 127. The summed E-state index contributed by atoms with van der Waals surface area (Å²) in [7, 11) is 1.68. The fraction of sp³-hybridized carbons (Fsp3) is 0.400. The van der Waals surface area contributed by atoms with Crippen molar-refractivity contribution in [1.82, 2.24) is 9.78 Å². The Hall–Kier alpha value is -0.660. The lowest BCUT2D eigenvalue weighted by atomic mass is 10.4. The number of nitro groups is 1. The van der Waals surface area contributed by atoms with Gasteiger partial charge in [0.05, 0.1) is 4.92 Å². The summed E-state index contributed by atoms with van der Waals surface area (Å²) < 4.78 is 2.05. The summed E-state index contributed by atoms with van der Waals surface area (Å²) in [6, 6.07) is 0. The number of aryl methyl sites for hydroxylation is 2. The minimum atomic E-state index is -0.413. The predicted molar refractivity (Wildman–Crippen MR) is 47.3 cm³/mol. The predicted octanol–water partition coefficient (Wildman–Crippen LogP) is 1.24. The van der Waals surface area contributed by atoms with E-state index in [1.54, 1.807) is 14.0 Å². The quantitative estimate of drug-likeness (QED) is 0.437. The maximum absolute atomic E-state index is 10.4. The van der Waals surface area contributed by atoms with Gasteiger partial charge in [0.2, 0.25) is 0 Å². The van der Waals surface area contributed by atoms with E-state index in [4.69, 9.17) is 0 Å². The Bertz CT molecular complexity index is 307. The molecule has 6 heteroatoms. The first-order chi connectivity index (χ1) is 5.04. The van der Waals surface area contributed by atoms with Gasteiger partial charge in [-0.3, -0.25) is 14.8 Å². The Morgan fingerprint density at radius 2 is 2.27 bits per heavy atom. The molecule has 0 aromatic carbocycles. The molecule has 11 heavy (non-hydrogen) atoms. The van der Waals surface area contributed by atoms with Crippen LogP contribution in [0.1, 0.15) is 5.69 Å². The van der Waals surface area contributed by atoms with E-state index in [1.165, 1.54) is 4.68 Å². The average Bonchev–Trinajstić information content (AvgIpc) is 2.07. The second kappa shape index (κ2) is 2.76. The number of rotatable bonds is 1. The molecule has 0 bridgehead atoms. The van der Waals surface area contributed by atoms with Gasteiger partial charge in [0.1, 0.15) is 5.69 Å². The van der Waals surface area contributed by atoms with Gasteiger partial charge in [0, 0.05) is 7.05 Å². The topological polar surface area (TPSA) is 61.0 Å². The van der Waals surface area contributed by atoms with Crippen molar-refractivity contribution in [2.45, 2.75) is 6.92 Å². The lowest BCUT2D eigenvalue weighted by molar-refractivity contribution is -0.386. The van der Waals surface area contributed by atoms with Crippen molar-refractivity contribution in [1.29, 1.82) is 0 Å². The van der Waals surface area contributed by atoms with E-state index >= 15 is 0 Å². The third-order valence-electron chi connectivity index (χ3n) is 1.30. The number of hydrogen-bond acceptors (Lipinski definition) is 3. The zero-order valence-corrected chi connectivity index (χ0v) is 8.19. The van der Waals surface area contributed by atoms with Gasteiger partial charge in [-0.05, 0) is 29.5 Å². The highest BCUT2D eigenvalue weighted by Crippen LogP contribution is 2.22. The average molecular weight is 267 g/mol. The number of aromatic nitrogens is 2. The van der Waals surface area contributed by atoms with E-state index in [0.29, 0.717) is 9.39 Å².